The Morgan fingerprint density at radius 2 is 2.04 bits per heavy atom. The zero-order valence-corrected chi connectivity index (χ0v) is 16.2. The van der Waals surface area contributed by atoms with Crippen LogP contribution in [0.4, 0.5) is 0 Å². The van der Waals surface area contributed by atoms with Crippen LogP contribution in [0.5, 0.6) is 0 Å². The summed E-state index contributed by atoms with van der Waals surface area (Å²) in [5.74, 6) is 2.04. The first-order chi connectivity index (χ1) is 12.3. The summed E-state index contributed by atoms with van der Waals surface area (Å²) in [4.78, 5) is 4.32. The van der Waals surface area contributed by atoms with Crippen LogP contribution in [0.15, 0.2) is 22.3 Å². The topological polar surface area (TPSA) is 67.1 Å². The van der Waals surface area contributed by atoms with Crippen LogP contribution in [0.3, 0.4) is 0 Å². The van der Waals surface area contributed by atoms with Gasteiger partial charge in [0.15, 0.2) is 11.1 Å². The molecule has 1 heterocycles. The fourth-order valence-electron chi connectivity index (χ4n) is 3.72. The van der Waals surface area contributed by atoms with Crippen molar-refractivity contribution in [2.24, 2.45) is 4.99 Å². The van der Waals surface area contributed by atoms with Crippen LogP contribution in [-0.2, 0) is 6.42 Å². The van der Waals surface area contributed by atoms with E-state index < -0.39 is 0 Å². The van der Waals surface area contributed by atoms with E-state index in [1.54, 1.807) is 11.8 Å². The lowest BCUT2D eigenvalue weighted by Crippen LogP contribution is -2.42. The summed E-state index contributed by atoms with van der Waals surface area (Å²) < 4.78 is 2.40. The number of hydrogen-bond acceptors (Lipinski definition) is 4. The van der Waals surface area contributed by atoms with Crippen molar-refractivity contribution < 1.29 is 0 Å². The van der Waals surface area contributed by atoms with Crippen LogP contribution in [0.25, 0.3) is 0 Å². The molecule has 0 saturated heterocycles. The van der Waals surface area contributed by atoms with Gasteiger partial charge in [-0.25, -0.2) is 0 Å². The van der Waals surface area contributed by atoms with Crippen molar-refractivity contribution in [1.82, 2.24) is 25.4 Å². The van der Waals surface area contributed by atoms with E-state index in [0.29, 0.717) is 12.1 Å². The lowest BCUT2D eigenvalue weighted by Gasteiger charge is -2.18. The molecular weight excluding hydrogens is 332 g/mol. The van der Waals surface area contributed by atoms with E-state index in [2.05, 4.69) is 48.8 Å². The van der Waals surface area contributed by atoms with Crippen LogP contribution in [0.1, 0.15) is 56.8 Å². The Hall–Kier alpha value is -1.50. The smallest absolute Gasteiger partial charge is 0.191 e. The average molecular weight is 363 g/mol. The highest BCUT2D eigenvalue weighted by Crippen LogP contribution is 2.33. The van der Waals surface area contributed by atoms with Crippen molar-refractivity contribution in [1.29, 1.82) is 0 Å². The lowest BCUT2D eigenvalue weighted by molar-refractivity contribution is 0.460. The largest absolute Gasteiger partial charge is 0.356 e. The Balaban J connectivity index is 1.47. The van der Waals surface area contributed by atoms with Crippen molar-refractivity contribution >= 4 is 17.7 Å². The van der Waals surface area contributed by atoms with Gasteiger partial charge in [-0.1, -0.05) is 36.8 Å². The number of rotatable bonds is 7. The Kier molecular flexibility index (Phi) is 6.78. The van der Waals surface area contributed by atoms with Gasteiger partial charge in [-0.05, 0) is 38.4 Å². The van der Waals surface area contributed by atoms with Gasteiger partial charge in [0, 0.05) is 32.1 Å². The third-order valence-electron chi connectivity index (χ3n) is 5.05. The number of nitrogens with zero attached hydrogens (tertiary/aromatic N) is 4. The molecule has 0 bridgehead atoms. The second kappa shape index (κ2) is 9.27. The Labute approximate surface area is 155 Å². The van der Waals surface area contributed by atoms with E-state index in [9.17, 15) is 0 Å². The minimum atomic E-state index is 0.487. The summed E-state index contributed by atoms with van der Waals surface area (Å²) in [7, 11) is 1.83. The zero-order chi connectivity index (χ0) is 17.5. The van der Waals surface area contributed by atoms with Crippen LogP contribution in [-0.4, -0.2) is 46.6 Å². The minimum Gasteiger partial charge on any atom is -0.356 e. The summed E-state index contributed by atoms with van der Waals surface area (Å²) in [6, 6.07) is 1.09. The molecular formula is C18H30N6S. The SMILES string of the molecule is CN=C(NCCCc1nnc(SC)n1C1CCCC1)NC1CC=CC1. The van der Waals surface area contributed by atoms with Crippen LogP contribution in [0.2, 0.25) is 0 Å². The number of guanidine groups is 1. The molecule has 1 saturated carbocycles. The highest BCUT2D eigenvalue weighted by molar-refractivity contribution is 7.98. The third-order valence-corrected chi connectivity index (χ3v) is 5.69. The molecule has 0 amide bonds. The van der Waals surface area contributed by atoms with Gasteiger partial charge < -0.3 is 15.2 Å². The maximum atomic E-state index is 4.46. The van der Waals surface area contributed by atoms with Crippen LogP contribution >= 0.6 is 11.8 Å². The first kappa shape index (κ1) is 18.3. The molecule has 0 aromatic carbocycles. The van der Waals surface area contributed by atoms with Gasteiger partial charge in [-0.3, -0.25) is 4.99 Å². The number of thioether (sulfide) groups is 1. The van der Waals surface area contributed by atoms with Gasteiger partial charge in [0.2, 0.25) is 0 Å². The Morgan fingerprint density at radius 3 is 2.72 bits per heavy atom. The quantitative estimate of drug-likeness (QED) is 0.257. The van der Waals surface area contributed by atoms with Crippen molar-refractivity contribution in [3.63, 3.8) is 0 Å². The molecule has 7 heteroatoms. The van der Waals surface area contributed by atoms with Crippen LogP contribution < -0.4 is 10.6 Å². The predicted octanol–water partition coefficient (Wildman–Crippen LogP) is 2.93. The average Bonchev–Trinajstić information content (AvgIpc) is 3.38. The molecule has 2 aliphatic rings. The van der Waals surface area contributed by atoms with Crippen molar-refractivity contribution in [2.45, 2.75) is 68.6 Å². The molecule has 2 N–H and O–H groups in total. The van der Waals surface area contributed by atoms with E-state index >= 15 is 0 Å². The van der Waals surface area contributed by atoms with E-state index in [-0.39, 0.29) is 0 Å². The summed E-state index contributed by atoms with van der Waals surface area (Å²) in [5, 5.41) is 16.8. The van der Waals surface area contributed by atoms with Gasteiger partial charge in [0.05, 0.1) is 0 Å². The highest BCUT2D eigenvalue weighted by Gasteiger charge is 2.23. The van der Waals surface area contributed by atoms with Crippen LogP contribution in [0, 0.1) is 0 Å². The number of hydrogen-bond donors (Lipinski definition) is 2. The van der Waals surface area contributed by atoms with Crippen molar-refractivity contribution in [3.05, 3.63) is 18.0 Å². The van der Waals surface area contributed by atoms with Crippen molar-refractivity contribution in [3.8, 4) is 0 Å². The summed E-state index contributed by atoms with van der Waals surface area (Å²) in [6.45, 7) is 0.895. The summed E-state index contributed by atoms with van der Waals surface area (Å²) in [6.07, 6.45) is 15.9. The molecule has 0 aliphatic heterocycles. The zero-order valence-electron chi connectivity index (χ0n) is 15.4. The second-order valence-corrected chi connectivity index (χ2v) is 7.57. The second-order valence-electron chi connectivity index (χ2n) is 6.80. The fourth-order valence-corrected chi connectivity index (χ4v) is 4.30. The van der Waals surface area contributed by atoms with E-state index in [1.165, 1.54) is 25.7 Å². The molecule has 25 heavy (non-hydrogen) atoms. The molecule has 2 aliphatic carbocycles. The molecule has 138 valence electrons. The monoisotopic (exact) mass is 362 g/mol. The number of aromatic nitrogens is 3. The first-order valence-corrected chi connectivity index (χ1v) is 10.6. The standard InChI is InChI=1S/C18H30N6S/c1-19-17(21-14-8-3-4-9-14)20-13-7-12-16-22-23-18(25-2)24(16)15-10-5-6-11-15/h3-4,14-15H,5-13H2,1-2H3,(H2,19,20,21). The van der Waals surface area contributed by atoms with Gasteiger partial charge >= 0.3 is 0 Å². The first-order valence-electron chi connectivity index (χ1n) is 9.41. The van der Waals surface area contributed by atoms with Gasteiger partial charge in [0.1, 0.15) is 5.82 Å². The molecule has 6 nitrogen and oxygen atoms in total. The Morgan fingerprint density at radius 1 is 1.28 bits per heavy atom. The lowest BCUT2D eigenvalue weighted by atomic mass is 10.2. The molecule has 0 radical (unpaired) electrons. The van der Waals surface area contributed by atoms with Gasteiger partial charge in [-0.15, -0.1) is 10.2 Å². The molecule has 0 spiro atoms. The van der Waals surface area contributed by atoms with Gasteiger partial charge in [0.25, 0.3) is 0 Å². The molecule has 1 aromatic rings. The van der Waals surface area contributed by atoms with E-state index in [0.717, 1.165) is 49.2 Å². The Bertz CT molecular complexity index is 595. The summed E-state index contributed by atoms with van der Waals surface area (Å²) >= 11 is 1.71. The normalized spacial score (nSPS) is 19.0. The number of aryl methyl sites for hydroxylation is 1. The molecule has 0 unspecified atom stereocenters. The van der Waals surface area contributed by atoms with E-state index in [1.807, 2.05) is 7.05 Å². The summed E-state index contributed by atoms with van der Waals surface area (Å²) in [5.41, 5.74) is 0. The maximum absolute atomic E-state index is 4.46. The fraction of sp³-hybridized carbons (Fsp3) is 0.722. The molecule has 1 aromatic heterocycles. The molecule has 3 rings (SSSR count). The highest BCUT2D eigenvalue weighted by atomic mass is 32.2. The van der Waals surface area contributed by atoms with Gasteiger partial charge in [-0.2, -0.15) is 0 Å². The maximum Gasteiger partial charge on any atom is 0.191 e. The van der Waals surface area contributed by atoms with Crippen molar-refractivity contribution in [2.75, 3.05) is 19.8 Å². The molecule has 0 atom stereocenters. The third kappa shape index (κ3) is 4.77. The number of aliphatic imine (C=N–C) groups is 1. The number of nitrogens with one attached hydrogen (secondary N) is 2. The van der Waals surface area contributed by atoms with E-state index in [4.69, 9.17) is 0 Å². The minimum absolute atomic E-state index is 0.487. The molecule has 1 fully saturated rings. The predicted molar refractivity (Wildman–Crippen MR) is 104 cm³/mol.